The lowest BCUT2D eigenvalue weighted by molar-refractivity contribution is -0.128. The Labute approximate surface area is 122 Å². The summed E-state index contributed by atoms with van der Waals surface area (Å²) in [5, 5.41) is 0.114. The van der Waals surface area contributed by atoms with Gasteiger partial charge in [-0.05, 0) is 24.6 Å². The Kier molecular flexibility index (Phi) is 4.60. The van der Waals surface area contributed by atoms with Crippen molar-refractivity contribution < 1.29 is 14.0 Å². The molecule has 0 aliphatic carbocycles. The van der Waals surface area contributed by atoms with Crippen LogP contribution in [0.2, 0.25) is 5.02 Å². The molecular formula is C14H16ClFN2O2. The van der Waals surface area contributed by atoms with Crippen LogP contribution in [0.15, 0.2) is 18.2 Å². The Balaban J connectivity index is 2.11. The lowest BCUT2D eigenvalue weighted by Crippen LogP contribution is -2.36. The third-order valence-electron chi connectivity index (χ3n) is 3.39. The molecule has 20 heavy (non-hydrogen) atoms. The summed E-state index contributed by atoms with van der Waals surface area (Å²) < 4.78 is 13.0. The van der Waals surface area contributed by atoms with E-state index in [4.69, 9.17) is 11.6 Å². The summed E-state index contributed by atoms with van der Waals surface area (Å²) in [4.78, 5) is 27.1. The monoisotopic (exact) mass is 298 g/mol. The van der Waals surface area contributed by atoms with Gasteiger partial charge in [0.15, 0.2) is 0 Å². The zero-order valence-corrected chi connectivity index (χ0v) is 12.0. The van der Waals surface area contributed by atoms with Crippen LogP contribution in [0, 0.1) is 5.82 Å². The van der Waals surface area contributed by atoms with E-state index in [1.54, 1.807) is 9.80 Å². The van der Waals surface area contributed by atoms with Crippen LogP contribution in [0.5, 0.6) is 0 Å². The van der Waals surface area contributed by atoms with Crippen LogP contribution in [0.3, 0.4) is 0 Å². The smallest absolute Gasteiger partial charge is 0.255 e. The normalized spacial score (nSPS) is 15.9. The molecule has 1 heterocycles. The van der Waals surface area contributed by atoms with E-state index in [9.17, 15) is 14.0 Å². The van der Waals surface area contributed by atoms with Crippen molar-refractivity contribution in [3.8, 4) is 0 Å². The highest BCUT2D eigenvalue weighted by atomic mass is 35.5. The minimum absolute atomic E-state index is 0.0131. The fraction of sp³-hybridized carbons (Fsp3) is 0.429. The molecule has 4 nitrogen and oxygen atoms in total. The zero-order chi connectivity index (χ0) is 14.7. The molecule has 0 saturated carbocycles. The Hall–Kier alpha value is -1.62. The molecule has 1 aromatic carbocycles. The minimum Gasteiger partial charge on any atom is -0.341 e. The highest BCUT2D eigenvalue weighted by molar-refractivity contribution is 6.33. The van der Waals surface area contributed by atoms with Gasteiger partial charge >= 0.3 is 0 Å². The van der Waals surface area contributed by atoms with Crippen LogP contribution >= 0.6 is 11.6 Å². The van der Waals surface area contributed by atoms with Crippen molar-refractivity contribution >= 4 is 23.4 Å². The van der Waals surface area contributed by atoms with Gasteiger partial charge in [0.2, 0.25) is 5.91 Å². The SMILES string of the molecule is CC(=O)N1CCCN(C(=O)c2ccc(F)cc2Cl)CC1. The zero-order valence-electron chi connectivity index (χ0n) is 11.2. The van der Waals surface area contributed by atoms with E-state index in [1.807, 2.05) is 0 Å². The van der Waals surface area contributed by atoms with Crippen molar-refractivity contribution in [3.63, 3.8) is 0 Å². The second kappa shape index (κ2) is 6.22. The number of hydrogen-bond donors (Lipinski definition) is 0. The molecule has 1 aromatic rings. The van der Waals surface area contributed by atoms with Crippen molar-refractivity contribution in [2.24, 2.45) is 0 Å². The maximum atomic E-state index is 13.0. The van der Waals surface area contributed by atoms with Gasteiger partial charge in [-0.3, -0.25) is 9.59 Å². The number of nitrogens with zero attached hydrogens (tertiary/aromatic N) is 2. The first kappa shape index (κ1) is 14.8. The number of amides is 2. The van der Waals surface area contributed by atoms with E-state index in [0.717, 1.165) is 12.5 Å². The van der Waals surface area contributed by atoms with Gasteiger partial charge in [-0.2, -0.15) is 0 Å². The number of carbonyl (C=O) groups excluding carboxylic acids is 2. The predicted molar refractivity (Wildman–Crippen MR) is 74.2 cm³/mol. The summed E-state index contributed by atoms with van der Waals surface area (Å²) in [6.07, 6.45) is 0.726. The van der Waals surface area contributed by atoms with Crippen molar-refractivity contribution in [3.05, 3.63) is 34.6 Å². The van der Waals surface area contributed by atoms with E-state index in [1.165, 1.54) is 19.1 Å². The Morgan fingerprint density at radius 3 is 2.45 bits per heavy atom. The number of halogens is 2. The molecule has 1 saturated heterocycles. The molecule has 0 atom stereocenters. The summed E-state index contributed by atoms with van der Waals surface area (Å²) in [6, 6.07) is 3.75. The van der Waals surface area contributed by atoms with E-state index in [2.05, 4.69) is 0 Å². The van der Waals surface area contributed by atoms with Gasteiger partial charge in [0.1, 0.15) is 5.82 Å². The molecule has 0 N–H and O–H groups in total. The quantitative estimate of drug-likeness (QED) is 0.797. The number of benzene rings is 1. The fourth-order valence-corrected chi connectivity index (χ4v) is 2.52. The second-order valence-corrected chi connectivity index (χ2v) is 5.18. The van der Waals surface area contributed by atoms with Crippen LogP contribution in [0.4, 0.5) is 4.39 Å². The average Bonchev–Trinajstić information content (AvgIpc) is 2.63. The predicted octanol–water partition coefficient (Wildman–Crippen LogP) is 2.17. The minimum atomic E-state index is -0.467. The van der Waals surface area contributed by atoms with Crippen LogP contribution in [-0.2, 0) is 4.79 Å². The highest BCUT2D eigenvalue weighted by Crippen LogP contribution is 2.20. The van der Waals surface area contributed by atoms with E-state index >= 15 is 0 Å². The first-order chi connectivity index (χ1) is 9.49. The highest BCUT2D eigenvalue weighted by Gasteiger charge is 2.22. The number of rotatable bonds is 1. The number of hydrogen-bond acceptors (Lipinski definition) is 2. The molecule has 0 bridgehead atoms. The van der Waals surface area contributed by atoms with Crippen molar-refractivity contribution in [2.45, 2.75) is 13.3 Å². The van der Waals surface area contributed by atoms with Gasteiger partial charge < -0.3 is 9.80 Å². The summed E-state index contributed by atoms with van der Waals surface area (Å²) in [5.74, 6) is -0.676. The molecule has 2 amide bonds. The van der Waals surface area contributed by atoms with E-state index in [-0.39, 0.29) is 16.8 Å². The topological polar surface area (TPSA) is 40.6 Å². The summed E-state index contributed by atoms with van der Waals surface area (Å²) in [6.45, 7) is 3.72. The van der Waals surface area contributed by atoms with Gasteiger partial charge in [-0.25, -0.2) is 4.39 Å². The molecule has 1 aliphatic heterocycles. The maximum absolute atomic E-state index is 13.0. The van der Waals surface area contributed by atoms with Crippen molar-refractivity contribution in [2.75, 3.05) is 26.2 Å². The standard InChI is InChI=1S/C14H16ClFN2O2/c1-10(19)17-5-2-6-18(8-7-17)14(20)12-4-3-11(16)9-13(12)15/h3-4,9H,2,5-8H2,1H3. The maximum Gasteiger partial charge on any atom is 0.255 e. The van der Waals surface area contributed by atoms with E-state index < -0.39 is 5.82 Å². The summed E-state index contributed by atoms with van der Waals surface area (Å²) >= 11 is 5.91. The molecule has 0 radical (unpaired) electrons. The Morgan fingerprint density at radius 1 is 1.15 bits per heavy atom. The lowest BCUT2D eigenvalue weighted by atomic mass is 10.2. The lowest BCUT2D eigenvalue weighted by Gasteiger charge is -2.21. The molecular weight excluding hydrogens is 283 g/mol. The largest absolute Gasteiger partial charge is 0.341 e. The second-order valence-electron chi connectivity index (χ2n) is 4.78. The van der Waals surface area contributed by atoms with Gasteiger partial charge in [-0.1, -0.05) is 11.6 Å². The third-order valence-corrected chi connectivity index (χ3v) is 3.70. The average molecular weight is 299 g/mol. The molecule has 1 aliphatic rings. The first-order valence-electron chi connectivity index (χ1n) is 6.49. The molecule has 1 fully saturated rings. The summed E-state index contributed by atoms with van der Waals surface area (Å²) in [5.41, 5.74) is 0.296. The number of carbonyl (C=O) groups is 2. The Bertz CT molecular complexity index is 536. The molecule has 108 valence electrons. The molecule has 6 heteroatoms. The van der Waals surface area contributed by atoms with Gasteiger partial charge in [0.25, 0.3) is 5.91 Å². The summed E-state index contributed by atoms with van der Waals surface area (Å²) in [7, 11) is 0. The van der Waals surface area contributed by atoms with E-state index in [0.29, 0.717) is 31.7 Å². The fourth-order valence-electron chi connectivity index (χ4n) is 2.27. The van der Waals surface area contributed by atoms with Gasteiger partial charge in [0.05, 0.1) is 10.6 Å². The van der Waals surface area contributed by atoms with Crippen molar-refractivity contribution in [1.29, 1.82) is 0 Å². The first-order valence-corrected chi connectivity index (χ1v) is 6.86. The van der Waals surface area contributed by atoms with Gasteiger partial charge in [0, 0.05) is 33.1 Å². The molecule has 2 rings (SSSR count). The Morgan fingerprint density at radius 2 is 1.80 bits per heavy atom. The van der Waals surface area contributed by atoms with Crippen LogP contribution < -0.4 is 0 Å². The van der Waals surface area contributed by atoms with Crippen LogP contribution in [0.25, 0.3) is 0 Å². The molecule has 0 spiro atoms. The van der Waals surface area contributed by atoms with Crippen LogP contribution in [0.1, 0.15) is 23.7 Å². The molecule has 0 aromatic heterocycles. The van der Waals surface area contributed by atoms with Crippen LogP contribution in [-0.4, -0.2) is 47.8 Å². The molecule has 0 unspecified atom stereocenters. The third kappa shape index (κ3) is 3.28. The van der Waals surface area contributed by atoms with Crippen molar-refractivity contribution in [1.82, 2.24) is 9.80 Å². The van der Waals surface area contributed by atoms with Gasteiger partial charge in [-0.15, -0.1) is 0 Å².